The van der Waals surface area contributed by atoms with Crippen molar-refractivity contribution in [2.75, 3.05) is 0 Å². The van der Waals surface area contributed by atoms with Gasteiger partial charge in [-0.15, -0.1) is 0 Å². The van der Waals surface area contributed by atoms with Crippen molar-refractivity contribution in [3.8, 4) is 5.69 Å². The van der Waals surface area contributed by atoms with Crippen LogP contribution in [0, 0.1) is 0 Å². The molecule has 0 radical (unpaired) electrons. The van der Waals surface area contributed by atoms with Crippen LogP contribution in [0.15, 0.2) is 181 Å². The molecule has 9 aromatic rings. The van der Waals surface area contributed by atoms with Crippen molar-refractivity contribution in [3.05, 3.63) is 193 Å². The van der Waals surface area contributed by atoms with Crippen molar-refractivity contribution in [1.82, 2.24) is 9.88 Å². The summed E-state index contributed by atoms with van der Waals surface area (Å²) in [6, 6.07) is 61.2. The Labute approximate surface area is 284 Å². The summed E-state index contributed by atoms with van der Waals surface area (Å²) < 4.78 is 2.41. The molecule has 1 atom stereocenters. The largest absolute Gasteiger partial charge is 0.360 e. The third-order valence-electron chi connectivity index (χ3n) is 9.93. The second-order valence-corrected chi connectivity index (χ2v) is 12.9. The summed E-state index contributed by atoms with van der Waals surface area (Å²) in [6.07, 6.45) is 1.95. The molecular weight excluding hydrogens is 595 g/mol. The van der Waals surface area contributed by atoms with E-state index in [1.54, 1.807) is 0 Å². The van der Waals surface area contributed by atoms with E-state index in [0.29, 0.717) is 0 Å². The zero-order valence-electron chi connectivity index (χ0n) is 26.7. The van der Waals surface area contributed by atoms with Crippen LogP contribution >= 0.6 is 0 Å². The monoisotopic (exact) mass is 625 g/mol. The second-order valence-electron chi connectivity index (χ2n) is 12.9. The van der Waals surface area contributed by atoms with E-state index < -0.39 is 0 Å². The number of benzene rings is 8. The van der Waals surface area contributed by atoms with Crippen LogP contribution in [-0.2, 0) is 0 Å². The lowest BCUT2D eigenvalue weighted by molar-refractivity contribution is 0.665. The van der Waals surface area contributed by atoms with Gasteiger partial charge in [0.2, 0.25) is 0 Å². The van der Waals surface area contributed by atoms with Crippen LogP contribution in [0.5, 0.6) is 0 Å². The van der Waals surface area contributed by atoms with Crippen molar-refractivity contribution in [2.24, 2.45) is 4.99 Å². The van der Waals surface area contributed by atoms with Crippen molar-refractivity contribution in [2.45, 2.75) is 6.17 Å². The predicted octanol–water partition coefficient (Wildman–Crippen LogP) is 11.4. The summed E-state index contributed by atoms with van der Waals surface area (Å²) >= 11 is 0. The van der Waals surface area contributed by atoms with Crippen LogP contribution in [0.1, 0.15) is 22.9 Å². The lowest BCUT2D eigenvalue weighted by Gasteiger charge is -2.25. The molecule has 1 N–H and O–H groups in total. The van der Waals surface area contributed by atoms with Crippen molar-refractivity contribution in [1.29, 1.82) is 0 Å². The highest BCUT2D eigenvalue weighted by molar-refractivity contribution is 6.15. The molecular formula is C46H31N3. The zero-order valence-corrected chi connectivity index (χ0v) is 26.7. The van der Waals surface area contributed by atoms with Gasteiger partial charge in [0.05, 0.1) is 16.7 Å². The number of aromatic nitrogens is 1. The smallest absolute Gasteiger partial charge is 0.145 e. The number of nitrogens with one attached hydrogen (secondary N) is 1. The van der Waals surface area contributed by atoms with Crippen LogP contribution in [0.25, 0.3) is 65.5 Å². The standard InChI is InChI=1S/C46H31N3/c1-2-11-31(12-3-1)42-29-43(37-20-18-30-10-4-5-13-32(30)24-37)48-46(47-42)38-21-19-36-26-39(23-22-35(36)25-38)49-44-17-9-8-16-40(44)41-27-33-14-6-7-15-34(33)28-45(41)49/h1-29,46-47H. The highest BCUT2D eigenvalue weighted by atomic mass is 15.1. The van der Waals surface area contributed by atoms with E-state index in [0.717, 1.165) is 33.8 Å². The Bertz CT molecular complexity index is 2800. The fraction of sp³-hybridized carbons (Fsp3) is 0.0217. The first-order chi connectivity index (χ1) is 24.2. The third-order valence-corrected chi connectivity index (χ3v) is 9.93. The molecule has 0 saturated carbocycles. The number of allylic oxidation sites excluding steroid dienone is 1. The van der Waals surface area contributed by atoms with Crippen LogP contribution in [-0.4, -0.2) is 10.3 Å². The van der Waals surface area contributed by atoms with Gasteiger partial charge in [-0.1, -0.05) is 127 Å². The highest BCUT2D eigenvalue weighted by Crippen LogP contribution is 2.36. The van der Waals surface area contributed by atoms with Crippen LogP contribution in [0.3, 0.4) is 0 Å². The molecule has 2 heterocycles. The molecule has 3 nitrogen and oxygen atoms in total. The van der Waals surface area contributed by atoms with Crippen LogP contribution in [0.2, 0.25) is 0 Å². The predicted molar refractivity (Wildman–Crippen MR) is 207 cm³/mol. The number of nitrogens with zero attached hydrogens (tertiary/aromatic N) is 2. The quantitative estimate of drug-likeness (QED) is 0.207. The first-order valence-electron chi connectivity index (χ1n) is 16.8. The number of hydrogen-bond acceptors (Lipinski definition) is 2. The molecule has 3 heteroatoms. The van der Waals surface area contributed by atoms with E-state index in [4.69, 9.17) is 4.99 Å². The van der Waals surface area contributed by atoms with Crippen molar-refractivity contribution < 1.29 is 0 Å². The summed E-state index contributed by atoms with van der Waals surface area (Å²) in [4.78, 5) is 5.29. The van der Waals surface area contributed by atoms with E-state index in [1.165, 1.54) is 54.1 Å². The molecule has 230 valence electrons. The van der Waals surface area contributed by atoms with E-state index in [2.05, 4.69) is 186 Å². The third kappa shape index (κ3) is 4.70. The summed E-state index contributed by atoms with van der Waals surface area (Å²) in [6.45, 7) is 0. The van der Waals surface area contributed by atoms with Gasteiger partial charge in [-0.25, -0.2) is 0 Å². The van der Waals surface area contributed by atoms with Crippen LogP contribution < -0.4 is 5.32 Å². The molecule has 49 heavy (non-hydrogen) atoms. The minimum absolute atomic E-state index is 0.226. The minimum atomic E-state index is -0.226. The number of hydrogen-bond donors (Lipinski definition) is 1. The molecule has 1 aliphatic rings. The zero-order chi connectivity index (χ0) is 32.3. The molecule has 0 spiro atoms. The Balaban J connectivity index is 1.07. The maximum Gasteiger partial charge on any atom is 0.145 e. The Morgan fingerprint density at radius 2 is 1.10 bits per heavy atom. The first-order valence-corrected chi connectivity index (χ1v) is 16.8. The number of aliphatic imine (C=N–C) groups is 1. The minimum Gasteiger partial charge on any atom is -0.360 e. The van der Waals surface area contributed by atoms with Gasteiger partial charge in [-0.2, -0.15) is 0 Å². The fourth-order valence-electron chi connectivity index (χ4n) is 7.48. The maximum absolute atomic E-state index is 5.29. The summed E-state index contributed by atoms with van der Waals surface area (Å²) in [5.74, 6) is 0. The molecule has 0 amide bonds. The first kappa shape index (κ1) is 27.6. The number of fused-ring (bicyclic) bond motifs is 6. The Hall–Kier alpha value is -6.45. The van der Waals surface area contributed by atoms with Gasteiger partial charge in [0, 0.05) is 27.7 Å². The Morgan fingerprint density at radius 1 is 0.449 bits per heavy atom. The normalized spacial score (nSPS) is 14.7. The number of rotatable bonds is 4. The van der Waals surface area contributed by atoms with Gasteiger partial charge >= 0.3 is 0 Å². The van der Waals surface area contributed by atoms with Gasteiger partial charge in [-0.3, -0.25) is 4.99 Å². The van der Waals surface area contributed by atoms with Gasteiger partial charge in [0.1, 0.15) is 6.17 Å². The average molecular weight is 626 g/mol. The van der Waals surface area contributed by atoms with Gasteiger partial charge in [0.15, 0.2) is 0 Å². The van der Waals surface area contributed by atoms with Gasteiger partial charge in [-0.05, 0) is 92.0 Å². The Kier molecular flexibility index (Phi) is 6.25. The molecule has 1 aliphatic heterocycles. The lowest BCUT2D eigenvalue weighted by atomic mass is 9.99. The fourth-order valence-corrected chi connectivity index (χ4v) is 7.48. The van der Waals surface area contributed by atoms with E-state index >= 15 is 0 Å². The number of para-hydroxylation sites is 1. The molecule has 10 rings (SSSR count). The summed E-state index contributed by atoms with van der Waals surface area (Å²) in [5, 5.41) is 13.6. The second kappa shape index (κ2) is 11.1. The highest BCUT2D eigenvalue weighted by Gasteiger charge is 2.20. The van der Waals surface area contributed by atoms with Crippen LogP contribution in [0.4, 0.5) is 0 Å². The lowest BCUT2D eigenvalue weighted by Crippen LogP contribution is -2.24. The van der Waals surface area contributed by atoms with E-state index in [9.17, 15) is 0 Å². The molecule has 0 fully saturated rings. The average Bonchev–Trinajstić information content (AvgIpc) is 3.49. The van der Waals surface area contributed by atoms with E-state index in [-0.39, 0.29) is 6.17 Å². The topological polar surface area (TPSA) is 29.3 Å². The molecule has 1 aromatic heterocycles. The molecule has 1 unspecified atom stereocenters. The molecule has 0 bridgehead atoms. The summed E-state index contributed by atoms with van der Waals surface area (Å²) in [7, 11) is 0. The van der Waals surface area contributed by atoms with Crippen molar-refractivity contribution in [3.63, 3.8) is 0 Å². The van der Waals surface area contributed by atoms with E-state index in [1.807, 2.05) is 0 Å². The molecule has 0 saturated heterocycles. The van der Waals surface area contributed by atoms with Gasteiger partial charge in [0.25, 0.3) is 0 Å². The van der Waals surface area contributed by atoms with Crippen molar-refractivity contribution >= 4 is 65.5 Å². The molecule has 8 aromatic carbocycles. The summed E-state index contributed by atoms with van der Waals surface area (Å²) in [5.41, 5.74) is 9.02. The maximum atomic E-state index is 5.29. The SMILES string of the molecule is C1=C(c2ccccc2)NC(c2ccc3cc(-n4c5ccccc5c5cc6ccccc6cc54)ccc3c2)N=C1c1ccc2ccccc2c1. The molecule has 0 aliphatic carbocycles. The Morgan fingerprint density at radius 3 is 1.96 bits per heavy atom. The van der Waals surface area contributed by atoms with Gasteiger partial charge < -0.3 is 9.88 Å².